The Morgan fingerprint density at radius 3 is 2.46 bits per heavy atom. The van der Waals surface area contributed by atoms with Crippen molar-refractivity contribution in [2.24, 2.45) is 5.92 Å². The summed E-state index contributed by atoms with van der Waals surface area (Å²) in [6.45, 7) is 4.97. The Hall–Kier alpha value is -3.67. The number of carbonyl (C=O) groups excluding carboxylic acids is 2. The standard InChI is InChI=1S/C31H33FN2O3/c1-3-28(30(35)33-19-21-6-13-25(32)14-7-21)37-26-15-12-22-16-17-34(31(36)24-10-11-24)29(27(22)18-26)23-8-4-20(2)5-9-23/h4-9,12-15,18,24,28-29H,3,10-11,16-17,19H2,1-2H3,(H,33,35)/t28-,29-/m1/s1. The summed E-state index contributed by atoms with van der Waals surface area (Å²) in [5.41, 5.74) is 5.34. The Kier molecular flexibility index (Phi) is 7.26. The van der Waals surface area contributed by atoms with Gasteiger partial charge in [0.25, 0.3) is 5.91 Å². The lowest BCUT2D eigenvalue weighted by Crippen LogP contribution is -2.41. The number of hydrogen-bond donors (Lipinski definition) is 1. The molecule has 0 radical (unpaired) electrons. The van der Waals surface area contributed by atoms with Crippen molar-refractivity contribution in [3.05, 3.63) is 100 Å². The molecule has 1 aliphatic carbocycles. The number of halogens is 1. The molecule has 0 unspecified atom stereocenters. The maximum absolute atomic E-state index is 13.2. The zero-order valence-electron chi connectivity index (χ0n) is 21.4. The van der Waals surface area contributed by atoms with Crippen molar-refractivity contribution in [1.82, 2.24) is 10.2 Å². The van der Waals surface area contributed by atoms with E-state index in [0.29, 0.717) is 25.3 Å². The van der Waals surface area contributed by atoms with E-state index >= 15 is 0 Å². The van der Waals surface area contributed by atoms with E-state index in [1.54, 1.807) is 12.1 Å². The van der Waals surface area contributed by atoms with Crippen molar-refractivity contribution in [3.63, 3.8) is 0 Å². The minimum absolute atomic E-state index is 0.142. The zero-order valence-corrected chi connectivity index (χ0v) is 21.4. The molecule has 0 spiro atoms. The first-order valence-electron chi connectivity index (χ1n) is 13.1. The third-order valence-electron chi connectivity index (χ3n) is 7.27. The fourth-order valence-corrected chi connectivity index (χ4v) is 4.97. The zero-order chi connectivity index (χ0) is 25.9. The van der Waals surface area contributed by atoms with E-state index in [1.807, 2.05) is 24.0 Å². The van der Waals surface area contributed by atoms with Gasteiger partial charge in [0, 0.05) is 19.0 Å². The number of fused-ring (bicyclic) bond motifs is 1. The Labute approximate surface area is 217 Å². The van der Waals surface area contributed by atoms with Gasteiger partial charge in [-0.3, -0.25) is 9.59 Å². The van der Waals surface area contributed by atoms with E-state index in [4.69, 9.17) is 4.74 Å². The van der Waals surface area contributed by atoms with Crippen LogP contribution in [-0.4, -0.2) is 29.4 Å². The molecule has 6 heteroatoms. The highest BCUT2D eigenvalue weighted by Crippen LogP contribution is 2.41. The fourth-order valence-electron chi connectivity index (χ4n) is 4.97. The lowest BCUT2D eigenvalue weighted by atomic mass is 9.87. The van der Waals surface area contributed by atoms with Gasteiger partial charge in [-0.05, 0) is 79.1 Å². The molecule has 5 rings (SSSR count). The molecule has 0 bridgehead atoms. The number of nitrogens with one attached hydrogen (secondary N) is 1. The average Bonchev–Trinajstić information content (AvgIpc) is 3.76. The van der Waals surface area contributed by atoms with Gasteiger partial charge in [0.1, 0.15) is 11.6 Å². The molecule has 1 N–H and O–H groups in total. The molecule has 1 aliphatic heterocycles. The highest BCUT2D eigenvalue weighted by Gasteiger charge is 2.39. The van der Waals surface area contributed by atoms with Gasteiger partial charge in [-0.25, -0.2) is 4.39 Å². The van der Waals surface area contributed by atoms with Crippen LogP contribution < -0.4 is 10.1 Å². The van der Waals surface area contributed by atoms with Gasteiger partial charge in [0.15, 0.2) is 6.10 Å². The van der Waals surface area contributed by atoms with E-state index in [9.17, 15) is 14.0 Å². The van der Waals surface area contributed by atoms with Crippen molar-refractivity contribution in [1.29, 1.82) is 0 Å². The molecular weight excluding hydrogens is 467 g/mol. The van der Waals surface area contributed by atoms with Gasteiger partial charge in [0.2, 0.25) is 5.91 Å². The van der Waals surface area contributed by atoms with Crippen LogP contribution in [-0.2, 0) is 22.6 Å². The summed E-state index contributed by atoms with van der Waals surface area (Å²) in [6.07, 6.45) is 2.57. The van der Waals surface area contributed by atoms with Crippen LogP contribution in [0.5, 0.6) is 5.75 Å². The SMILES string of the molecule is CC[C@@H](Oc1ccc2c(c1)[C@@H](c1ccc(C)cc1)N(C(=O)C1CC1)CC2)C(=O)NCc1ccc(F)cc1. The quantitative estimate of drug-likeness (QED) is 0.445. The largest absolute Gasteiger partial charge is 0.481 e. The lowest BCUT2D eigenvalue weighted by molar-refractivity contribution is -0.134. The van der Waals surface area contributed by atoms with Crippen LogP contribution in [0.15, 0.2) is 66.7 Å². The van der Waals surface area contributed by atoms with Gasteiger partial charge in [0.05, 0.1) is 6.04 Å². The maximum Gasteiger partial charge on any atom is 0.261 e. The van der Waals surface area contributed by atoms with Gasteiger partial charge in [-0.2, -0.15) is 0 Å². The molecule has 0 aromatic heterocycles. The van der Waals surface area contributed by atoms with Gasteiger partial charge in [-0.15, -0.1) is 0 Å². The number of hydrogen-bond acceptors (Lipinski definition) is 3. The summed E-state index contributed by atoms with van der Waals surface area (Å²) in [5, 5.41) is 2.89. The van der Waals surface area contributed by atoms with E-state index in [0.717, 1.165) is 36.0 Å². The number of benzene rings is 3. The highest BCUT2D eigenvalue weighted by molar-refractivity contribution is 5.82. The smallest absolute Gasteiger partial charge is 0.261 e. The summed E-state index contributed by atoms with van der Waals surface area (Å²) < 4.78 is 19.3. The minimum Gasteiger partial charge on any atom is -0.481 e. The van der Waals surface area contributed by atoms with E-state index < -0.39 is 6.10 Å². The molecule has 2 atom stereocenters. The van der Waals surface area contributed by atoms with Crippen molar-refractivity contribution < 1.29 is 18.7 Å². The van der Waals surface area contributed by atoms with Crippen LogP contribution in [0.1, 0.15) is 60.0 Å². The number of ether oxygens (including phenoxy) is 1. The van der Waals surface area contributed by atoms with Crippen molar-refractivity contribution in [3.8, 4) is 5.75 Å². The Balaban J connectivity index is 1.37. The molecule has 2 aliphatic rings. The predicted molar refractivity (Wildman–Crippen MR) is 141 cm³/mol. The molecule has 1 saturated carbocycles. The number of amides is 2. The third-order valence-corrected chi connectivity index (χ3v) is 7.27. The average molecular weight is 501 g/mol. The lowest BCUT2D eigenvalue weighted by Gasteiger charge is -2.38. The van der Waals surface area contributed by atoms with E-state index in [2.05, 4.69) is 42.6 Å². The van der Waals surface area contributed by atoms with Crippen LogP contribution >= 0.6 is 0 Å². The molecule has 5 nitrogen and oxygen atoms in total. The molecule has 37 heavy (non-hydrogen) atoms. The monoisotopic (exact) mass is 500 g/mol. The molecular formula is C31H33FN2O3. The van der Waals surface area contributed by atoms with Gasteiger partial charge < -0.3 is 15.0 Å². The summed E-state index contributed by atoms with van der Waals surface area (Å²) in [5.74, 6) is 0.460. The number of rotatable bonds is 8. The van der Waals surface area contributed by atoms with Crippen LogP contribution in [0.2, 0.25) is 0 Å². The first-order chi connectivity index (χ1) is 17.9. The topological polar surface area (TPSA) is 58.6 Å². The number of carbonyl (C=O) groups is 2. The molecule has 0 saturated heterocycles. The second kappa shape index (κ2) is 10.8. The molecule has 3 aromatic carbocycles. The Morgan fingerprint density at radius 2 is 1.78 bits per heavy atom. The molecule has 1 heterocycles. The molecule has 192 valence electrons. The van der Waals surface area contributed by atoms with Crippen molar-refractivity contribution in [2.45, 2.75) is 58.2 Å². The fraction of sp³-hybridized carbons (Fsp3) is 0.355. The summed E-state index contributed by atoms with van der Waals surface area (Å²) >= 11 is 0. The molecule has 1 fully saturated rings. The van der Waals surface area contributed by atoms with Crippen LogP contribution in [0.4, 0.5) is 4.39 Å². The minimum atomic E-state index is -0.663. The first kappa shape index (κ1) is 25.0. The highest BCUT2D eigenvalue weighted by atomic mass is 19.1. The second-order valence-corrected chi connectivity index (χ2v) is 10.1. The van der Waals surface area contributed by atoms with Crippen molar-refractivity contribution in [2.75, 3.05) is 6.54 Å². The molecule has 2 amide bonds. The first-order valence-corrected chi connectivity index (χ1v) is 13.1. The summed E-state index contributed by atoms with van der Waals surface area (Å²) in [4.78, 5) is 28.2. The number of nitrogens with zero attached hydrogens (tertiary/aromatic N) is 1. The summed E-state index contributed by atoms with van der Waals surface area (Å²) in [7, 11) is 0. The van der Waals surface area contributed by atoms with Crippen LogP contribution in [0.25, 0.3) is 0 Å². The van der Waals surface area contributed by atoms with Crippen molar-refractivity contribution >= 4 is 11.8 Å². The maximum atomic E-state index is 13.2. The molecule has 3 aromatic rings. The van der Waals surface area contributed by atoms with Gasteiger partial charge >= 0.3 is 0 Å². The predicted octanol–water partition coefficient (Wildman–Crippen LogP) is 5.49. The summed E-state index contributed by atoms with van der Waals surface area (Å²) in [6, 6.07) is 20.3. The normalized spacial score (nSPS) is 17.6. The Morgan fingerprint density at radius 1 is 1.05 bits per heavy atom. The second-order valence-electron chi connectivity index (χ2n) is 10.1. The van der Waals surface area contributed by atoms with E-state index in [-0.39, 0.29) is 29.6 Å². The van der Waals surface area contributed by atoms with Gasteiger partial charge in [-0.1, -0.05) is 55.0 Å². The third kappa shape index (κ3) is 5.68. The Bertz CT molecular complexity index is 1270. The number of aryl methyl sites for hydroxylation is 1. The van der Waals surface area contributed by atoms with Crippen LogP contribution in [0, 0.1) is 18.7 Å². The van der Waals surface area contributed by atoms with Crippen LogP contribution in [0.3, 0.4) is 0 Å². The van der Waals surface area contributed by atoms with E-state index in [1.165, 1.54) is 23.3 Å².